The SMILES string of the molecule is O.O.O.O.O.O.O.[Cl-].[Cl-].[Mg+2].[Mg+2]. The molecule has 0 saturated carbocycles. The second-order valence-electron chi connectivity index (χ2n) is 0. The van der Waals surface area contributed by atoms with Crippen LogP contribution >= 0.6 is 0 Å². The van der Waals surface area contributed by atoms with Gasteiger partial charge in [-0.2, -0.15) is 0 Å². The molecule has 7 nitrogen and oxygen atoms in total. The van der Waals surface area contributed by atoms with Crippen molar-refractivity contribution in [3.63, 3.8) is 0 Å². The normalized spacial score (nSPS) is 0. The summed E-state index contributed by atoms with van der Waals surface area (Å²) in [4.78, 5) is 0. The van der Waals surface area contributed by atoms with Gasteiger partial charge >= 0.3 is 46.1 Å². The molecule has 11 heavy (non-hydrogen) atoms. The van der Waals surface area contributed by atoms with Gasteiger partial charge in [0.25, 0.3) is 0 Å². The van der Waals surface area contributed by atoms with Crippen LogP contribution in [0, 0.1) is 0 Å². The Labute approximate surface area is 109 Å². The Kier molecular flexibility index (Phi) is 20100. The zero-order chi connectivity index (χ0) is 0. The van der Waals surface area contributed by atoms with Gasteiger partial charge < -0.3 is 63.1 Å². The van der Waals surface area contributed by atoms with Gasteiger partial charge in [-0.3, -0.25) is 0 Å². The van der Waals surface area contributed by atoms with Gasteiger partial charge in [0, 0.05) is 0 Å². The fraction of sp³-hybridized carbons (Fsp3) is 0. The summed E-state index contributed by atoms with van der Waals surface area (Å²) < 4.78 is 0. The quantitative estimate of drug-likeness (QED) is 0.363. The van der Waals surface area contributed by atoms with Crippen molar-refractivity contribution in [3.05, 3.63) is 0 Å². The van der Waals surface area contributed by atoms with Crippen molar-refractivity contribution in [3.8, 4) is 0 Å². The summed E-state index contributed by atoms with van der Waals surface area (Å²) in [5.74, 6) is 0. The molecule has 72 valence electrons. The van der Waals surface area contributed by atoms with Crippen molar-refractivity contribution in [1.29, 1.82) is 0 Å². The van der Waals surface area contributed by atoms with Crippen molar-refractivity contribution >= 4 is 46.1 Å². The Hall–Kier alpha value is 1.83. The molecule has 0 aliphatic heterocycles. The average Bonchev–Trinajstić information content (AvgIpc) is 0. The van der Waals surface area contributed by atoms with E-state index in [0.717, 1.165) is 0 Å². The topological polar surface area (TPSA) is 220 Å². The van der Waals surface area contributed by atoms with Gasteiger partial charge in [-0.05, 0) is 0 Å². The molecule has 0 spiro atoms. The molecular weight excluding hydrogens is 232 g/mol. The summed E-state index contributed by atoms with van der Waals surface area (Å²) in [5, 5.41) is 0. The fourth-order valence-electron chi connectivity index (χ4n) is 0. The molecule has 0 atom stereocenters. The molecule has 0 aromatic heterocycles. The molecule has 0 radical (unpaired) electrons. The van der Waals surface area contributed by atoms with Gasteiger partial charge in [-0.15, -0.1) is 0 Å². The van der Waals surface area contributed by atoms with Gasteiger partial charge in [-0.1, -0.05) is 0 Å². The van der Waals surface area contributed by atoms with Crippen molar-refractivity contribution in [1.82, 2.24) is 0 Å². The third kappa shape index (κ3) is 341. The smallest absolute Gasteiger partial charge is 1.00 e. The largest absolute Gasteiger partial charge is 2.00 e. The molecule has 14 N–H and O–H groups in total. The first kappa shape index (κ1) is 535. The maximum Gasteiger partial charge on any atom is 2.00 e. The molecule has 0 unspecified atom stereocenters. The van der Waals surface area contributed by atoms with Crippen LogP contribution in [0.25, 0.3) is 0 Å². The predicted molar refractivity (Wildman–Crippen MR) is 36.8 cm³/mol. The van der Waals surface area contributed by atoms with E-state index in [-0.39, 0.29) is 109 Å². The molecule has 0 aromatic rings. The van der Waals surface area contributed by atoms with E-state index in [4.69, 9.17) is 0 Å². The number of halogens is 2. The maximum atomic E-state index is 0. The molecular formula is H14Cl2Mg2O7+2. The zero-order valence-corrected chi connectivity index (χ0v) is 10.0. The van der Waals surface area contributed by atoms with Crippen molar-refractivity contribution in [2.75, 3.05) is 0 Å². The van der Waals surface area contributed by atoms with Crippen molar-refractivity contribution in [2.45, 2.75) is 0 Å². The average molecular weight is 246 g/mol. The molecule has 0 rings (SSSR count). The van der Waals surface area contributed by atoms with Gasteiger partial charge in [0.2, 0.25) is 0 Å². The van der Waals surface area contributed by atoms with Crippen LogP contribution in [0.2, 0.25) is 0 Å². The minimum absolute atomic E-state index is 0. The van der Waals surface area contributed by atoms with E-state index in [0.29, 0.717) is 0 Å². The van der Waals surface area contributed by atoms with Gasteiger partial charge in [-0.25, -0.2) is 0 Å². The van der Waals surface area contributed by atoms with E-state index in [1.54, 1.807) is 0 Å². The molecule has 0 saturated heterocycles. The summed E-state index contributed by atoms with van der Waals surface area (Å²) in [6.07, 6.45) is 0. The van der Waals surface area contributed by atoms with E-state index in [9.17, 15) is 0 Å². The van der Waals surface area contributed by atoms with Gasteiger partial charge in [0.1, 0.15) is 0 Å². The number of hydrogen-bond donors (Lipinski definition) is 0. The fourth-order valence-corrected chi connectivity index (χ4v) is 0. The third-order valence-electron chi connectivity index (χ3n) is 0. The first-order chi connectivity index (χ1) is 0. The van der Waals surface area contributed by atoms with E-state index >= 15 is 0 Å². The predicted octanol–water partition coefficient (Wildman–Crippen LogP) is -12.5. The molecule has 0 heterocycles. The van der Waals surface area contributed by atoms with Crippen LogP contribution in [0.1, 0.15) is 0 Å². The minimum Gasteiger partial charge on any atom is -1.00 e. The second-order valence-corrected chi connectivity index (χ2v) is 0. The van der Waals surface area contributed by atoms with Crippen LogP contribution < -0.4 is 24.8 Å². The van der Waals surface area contributed by atoms with E-state index in [2.05, 4.69) is 0 Å². The van der Waals surface area contributed by atoms with Crippen molar-refractivity contribution in [2.24, 2.45) is 0 Å². The Morgan fingerprint density at radius 1 is 0.273 bits per heavy atom. The minimum atomic E-state index is 0. The molecule has 0 aliphatic carbocycles. The van der Waals surface area contributed by atoms with E-state index in [1.165, 1.54) is 0 Å². The maximum absolute atomic E-state index is 0. The third-order valence-corrected chi connectivity index (χ3v) is 0. The molecule has 0 bridgehead atoms. The number of rotatable bonds is 0. The summed E-state index contributed by atoms with van der Waals surface area (Å²) in [5.41, 5.74) is 0. The van der Waals surface area contributed by atoms with Crippen molar-refractivity contribution < 1.29 is 63.1 Å². The van der Waals surface area contributed by atoms with Crippen LogP contribution in [-0.4, -0.2) is 84.4 Å². The standard InChI is InChI=1S/2ClH.2Mg.7H2O/h2*1H;;;7*1H2/q;;2*+2;;;;;;;/p-2. The summed E-state index contributed by atoms with van der Waals surface area (Å²) in [6, 6.07) is 0. The van der Waals surface area contributed by atoms with Gasteiger partial charge in [0.15, 0.2) is 0 Å². The first-order valence-electron chi connectivity index (χ1n) is 0. The molecule has 11 heteroatoms. The molecule has 0 aliphatic rings. The van der Waals surface area contributed by atoms with Crippen LogP contribution in [0.3, 0.4) is 0 Å². The monoisotopic (exact) mass is 244 g/mol. The molecule has 0 amide bonds. The Morgan fingerprint density at radius 3 is 0.273 bits per heavy atom. The summed E-state index contributed by atoms with van der Waals surface area (Å²) in [7, 11) is 0. The van der Waals surface area contributed by atoms with E-state index < -0.39 is 0 Å². The number of hydrogen-bond acceptors (Lipinski definition) is 0. The summed E-state index contributed by atoms with van der Waals surface area (Å²) in [6.45, 7) is 0. The summed E-state index contributed by atoms with van der Waals surface area (Å²) >= 11 is 0. The first-order valence-corrected chi connectivity index (χ1v) is 0. The van der Waals surface area contributed by atoms with Crippen LogP contribution in [-0.2, 0) is 0 Å². The Morgan fingerprint density at radius 2 is 0.273 bits per heavy atom. The van der Waals surface area contributed by atoms with Crippen LogP contribution in [0.5, 0.6) is 0 Å². The zero-order valence-electron chi connectivity index (χ0n) is 5.67. The molecule has 0 aromatic carbocycles. The van der Waals surface area contributed by atoms with Crippen LogP contribution in [0.4, 0.5) is 0 Å². The van der Waals surface area contributed by atoms with Crippen LogP contribution in [0.15, 0.2) is 0 Å². The molecule has 0 fully saturated rings. The Bertz CT molecular complexity index is 14.4. The second kappa shape index (κ2) is 413. The van der Waals surface area contributed by atoms with E-state index in [1.807, 2.05) is 0 Å². The van der Waals surface area contributed by atoms with Gasteiger partial charge in [0.05, 0.1) is 0 Å². The Balaban J connectivity index is 0.